The van der Waals surface area contributed by atoms with E-state index >= 15 is 0 Å². The minimum Gasteiger partial charge on any atom is -0.359 e. The van der Waals surface area contributed by atoms with Crippen molar-refractivity contribution in [2.75, 3.05) is 5.32 Å². The van der Waals surface area contributed by atoms with E-state index in [0.29, 0.717) is 6.08 Å². The quantitative estimate of drug-likeness (QED) is 0.835. The number of carbonyl (C=O) groups excluding carboxylic acids is 1. The number of hydrogen-bond acceptors (Lipinski definition) is 2. The summed E-state index contributed by atoms with van der Waals surface area (Å²) in [6, 6.07) is 5.54. The largest absolute Gasteiger partial charge is 0.454 e. The van der Waals surface area contributed by atoms with Gasteiger partial charge in [-0.3, -0.25) is 4.79 Å². The van der Waals surface area contributed by atoms with E-state index in [2.05, 4.69) is 5.32 Å². The molecule has 18 heavy (non-hydrogen) atoms. The van der Waals surface area contributed by atoms with Gasteiger partial charge in [0.1, 0.15) is 0 Å². The van der Waals surface area contributed by atoms with Crippen molar-refractivity contribution in [3.8, 4) is 0 Å². The molecule has 0 saturated carbocycles. The number of ketones is 1. The fraction of sp³-hybridized carbons (Fsp3) is 0.308. The van der Waals surface area contributed by atoms with Crippen LogP contribution in [0, 0.1) is 13.8 Å². The normalized spacial score (nSPS) is 12.4. The number of allylic oxidation sites excluding steroid dienone is 2. The van der Waals surface area contributed by atoms with Crippen LogP contribution < -0.4 is 5.32 Å². The molecule has 1 N–H and O–H groups in total. The van der Waals surface area contributed by atoms with E-state index in [-0.39, 0.29) is 5.70 Å². The van der Waals surface area contributed by atoms with Crippen LogP contribution in [0.25, 0.3) is 0 Å². The fourth-order valence-electron chi connectivity index (χ4n) is 1.52. The Hall–Kier alpha value is -1.78. The van der Waals surface area contributed by atoms with Crippen molar-refractivity contribution in [2.24, 2.45) is 0 Å². The molecule has 0 heterocycles. The molecule has 1 aromatic carbocycles. The van der Waals surface area contributed by atoms with E-state index in [1.807, 2.05) is 32.0 Å². The van der Waals surface area contributed by atoms with E-state index < -0.39 is 12.0 Å². The second-order valence-electron chi connectivity index (χ2n) is 4.08. The predicted molar refractivity (Wildman–Crippen MR) is 64.4 cm³/mol. The first-order valence-corrected chi connectivity index (χ1v) is 5.34. The highest BCUT2D eigenvalue weighted by atomic mass is 19.4. The van der Waals surface area contributed by atoms with Gasteiger partial charge in [0.15, 0.2) is 0 Å². The lowest BCUT2D eigenvalue weighted by Crippen LogP contribution is -2.21. The molecule has 0 atom stereocenters. The van der Waals surface area contributed by atoms with Crippen LogP contribution in [0.5, 0.6) is 0 Å². The molecular weight excluding hydrogens is 243 g/mol. The van der Waals surface area contributed by atoms with Gasteiger partial charge in [0, 0.05) is 17.5 Å². The van der Waals surface area contributed by atoms with Crippen molar-refractivity contribution in [1.82, 2.24) is 0 Å². The van der Waals surface area contributed by atoms with Crippen molar-refractivity contribution in [2.45, 2.75) is 26.9 Å². The fourth-order valence-corrected chi connectivity index (χ4v) is 1.52. The smallest absolute Gasteiger partial charge is 0.359 e. The number of nitrogens with one attached hydrogen (secondary N) is 1. The lowest BCUT2D eigenvalue weighted by Gasteiger charge is -2.13. The van der Waals surface area contributed by atoms with Crippen LogP contribution in [0.15, 0.2) is 30.0 Å². The molecule has 0 aromatic heterocycles. The van der Waals surface area contributed by atoms with Crippen molar-refractivity contribution < 1.29 is 18.0 Å². The summed E-state index contributed by atoms with van der Waals surface area (Å²) in [5.41, 5.74) is 2.69. The third-order valence-corrected chi connectivity index (χ3v) is 2.43. The summed E-state index contributed by atoms with van der Waals surface area (Å²) in [6.07, 6.45) is -4.27. The maximum atomic E-state index is 12.1. The average molecular weight is 257 g/mol. The Morgan fingerprint density at radius 3 is 2.17 bits per heavy atom. The number of aryl methyl sites for hydroxylation is 2. The molecule has 0 aliphatic heterocycles. The molecule has 1 aromatic rings. The standard InChI is InChI=1S/C13H14F3NO/c1-8-5-4-6-9(2)12(8)17-10(3)7-11(18)13(14,15)16/h4-7,17H,1-3H3/b10-7+. The monoisotopic (exact) mass is 257 g/mol. The van der Waals surface area contributed by atoms with Crippen LogP contribution >= 0.6 is 0 Å². The van der Waals surface area contributed by atoms with Crippen molar-refractivity contribution in [3.63, 3.8) is 0 Å². The van der Waals surface area contributed by atoms with Gasteiger partial charge in [-0.1, -0.05) is 18.2 Å². The van der Waals surface area contributed by atoms with Gasteiger partial charge in [-0.25, -0.2) is 0 Å². The van der Waals surface area contributed by atoms with Crippen molar-refractivity contribution in [3.05, 3.63) is 41.1 Å². The third kappa shape index (κ3) is 3.61. The lowest BCUT2D eigenvalue weighted by atomic mass is 10.1. The van der Waals surface area contributed by atoms with Gasteiger partial charge >= 0.3 is 6.18 Å². The molecule has 5 heteroatoms. The van der Waals surface area contributed by atoms with E-state index in [0.717, 1.165) is 16.8 Å². The number of anilines is 1. The Morgan fingerprint density at radius 1 is 1.22 bits per heavy atom. The number of carbonyl (C=O) groups is 1. The topological polar surface area (TPSA) is 29.1 Å². The van der Waals surface area contributed by atoms with E-state index in [4.69, 9.17) is 0 Å². The molecule has 0 spiro atoms. The summed E-state index contributed by atoms with van der Waals surface area (Å²) >= 11 is 0. The first kappa shape index (κ1) is 14.3. The van der Waals surface area contributed by atoms with E-state index in [1.165, 1.54) is 6.92 Å². The minimum atomic E-state index is -4.83. The molecule has 0 amide bonds. The van der Waals surface area contributed by atoms with E-state index in [1.54, 1.807) is 0 Å². The van der Waals surface area contributed by atoms with Crippen LogP contribution in [0.2, 0.25) is 0 Å². The Bertz CT molecular complexity index is 469. The Labute approximate surface area is 104 Å². The molecule has 0 unspecified atom stereocenters. The van der Waals surface area contributed by atoms with Gasteiger partial charge in [0.05, 0.1) is 0 Å². The van der Waals surface area contributed by atoms with Gasteiger partial charge < -0.3 is 5.32 Å². The van der Waals surface area contributed by atoms with E-state index in [9.17, 15) is 18.0 Å². The second-order valence-corrected chi connectivity index (χ2v) is 4.08. The third-order valence-electron chi connectivity index (χ3n) is 2.43. The first-order chi connectivity index (χ1) is 8.21. The average Bonchev–Trinajstić information content (AvgIpc) is 2.22. The Morgan fingerprint density at radius 2 is 1.72 bits per heavy atom. The van der Waals surface area contributed by atoms with Gasteiger partial charge in [-0.15, -0.1) is 0 Å². The summed E-state index contributed by atoms with van der Waals surface area (Å²) in [4.78, 5) is 10.8. The minimum absolute atomic E-state index is 0.162. The van der Waals surface area contributed by atoms with Crippen LogP contribution in [0.3, 0.4) is 0 Å². The molecule has 0 bridgehead atoms. The summed E-state index contributed by atoms with van der Waals surface area (Å²) in [7, 11) is 0. The van der Waals surface area contributed by atoms with Gasteiger partial charge in [-0.05, 0) is 31.9 Å². The number of rotatable bonds is 3. The zero-order valence-corrected chi connectivity index (χ0v) is 10.4. The molecule has 1 rings (SSSR count). The van der Waals surface area contributed by atoms with Crippen LogP contribution in [0.4, 0.5) is 18.9 Å². The Kier molecular flexibility index (Phi) is 4.16. The van der Waals surface area contributed by atoms with Gasteiger partial charge in [0.2, 0.25) is 0 Å². The summed E-state index contributed by atoms with van der Waals surface area (Å²) in [6.45, 7) is 5.11. The molecule has 0 saturated heterocycles. The number of alkyl halides is 3. The second kappa shape index (κ2) is 5.25. The highest BCUT2D eigenvalue weighted by Gasteiger charge is 2.36. The molecule has 0 aliphatic carbocycles. The van der Waals surface area contributed by atoms with Crippen LogP contribution in [-0.4, -0.2) is 12.0 Å². The van der Waals surface area contributed by atoms with Crippen molar-refractivity contribution >= 4 is 11.5 Å². The zero-order chi connectivity index (χ0) is 13.9. The number of halogens is 3. The summed E-state index contributed by atoms with van der Waals surface area (Å²) in [5, 5.41) is 2.82. The number of para-hydroxylation sites is 1. The SMILES string of the molecule is C/C(=C\C(=O)C(F)(F)F)Nc1c(C)cccc1C. The highest BCUT2D eigenvalue weighted by molar-refractivity contribution is 5.95. The maximum absolute atomic E-state index is 12.1. The first-order valence-electron chi connectivity index (χ1n) is 5.34. The summed E-state index contributed by atoms with van der Waals surface area (Å²) in [5.74, 6) is -1.86. The molecule has 0 radical (unpaired) electrons. The Balaban J connectivity index is 2.92. The maximum Gasteiger partial charge on any atom is 0.454 e. The molecule has 98 valence electrons. The van der Waals surface area contributed by atoms with Gasteiger partial charge in [0.25, 0.3) is 5.78 Å². The molecule has 2 nitrogen and oxygen atoms in total. The summed E-state index contributed by atoms with van der Waals surface area (Å²) < 4.78 is 36.3. The van der Waals surface area contributed by atoms with Crippen LogP contribution in [-0.2, 0) is 4.79 Å². The zero-order valence-electron chi connectivity index (χ0n) is 10.4. The van der Waals surface area contributed by atoms with Gasteiger partial charge in [-0.2, -0.15) is 13.2 Å². The highest BCUT2D eigenvalue weighted by Crippen LogP contribution is 2.22. The number of benzene rings is 1. The van der Waals surface area contributed by atoms with Crippen LogP contribution in [0.1, 0.15) is 18.1 Å². The molecule has 0 fully saturated rings. The van der Waals surface area contributed by atoms with Crippen molar-refractivity contribution in [1.29, 1.82) is 0 Å². The molecular formula is C13H14F3NO. The lowest BCUT2D eigenvalue weighted by molar-refractivity contribution is -0.165. The predicted octanol–water partition coefficient (Wildman–Crippen LogP) is 3.75. The molecule has 0 aliphatic rings. The number of hydrogen-bond donors (Lipinski definition) is 1.